The molecule has 2 rings (SSSR count). The van der Waals surface area contributed by atoms with Crippen LogP contribution in [0.1, 0.15) is 39.2 Å². The van der Waals surface area contributed by atoms with E-state index in [0.29, 0.717) is 19.3 Å². The number of methoxy groups -OCH3 is 1. The Kier molecular flexibility index (Phi) is 5.90. The van der Waals surface area contributed by atoms with Gasteiger partial charge in [-0.2, -0.15) is 0 Å². The minimum atomic E-state index is -1.02. The van der Waals surface area contributed by atoms with Crippen molar-refractivity contribution in [3.8, 4) is 0 Å². The predicted octanol–water partition coefficient (Wildman–Crippen LogP) is 1.94. The largest absolute Gasteiger partial charge is 0.467 e. The number of benzene rings is 1. The van der Waals surface area contributed by atoms with E-state index in [-0.39, 0.29) is 0 Å². The van der Waals surface area contributed by atoms with Crippen molar-refractivity contribution in [1.82, 2.24) is 10.6 Å². The van der Waals surface area contributed by atoms with Gasteiger partial charge >= 0.3 is 12.1 Å². The highest BCUT2D eigenvalue weighted by atomic mass is 16.6. The highest BCUT2D eigenvalue weighted by Gasteiger charge is 2.52. The van der Waals surface area contributed by atoms with Gasteiger partial charge in [-0.25, -0.2) is 9.59 Å². The Balaban J connectivity index is 2.02. The summed E-state index contributed by atoms with van der Waals surface area (Å²) >= 11 is 0. The molecule has 0 heterocycles. The van der Waals surface area contributed by atoms with Gasteiger partial charge in [0.05, 0.1) is 7.11 Å². The Bertz CT molecular complexity index is 662. The lowest BCUT2D eigenvalue weighted by molar-refractivity contribution is -0.145. The summed E-state index contributed by atoms with van der Waals surface area (Å²) in [6.07, 6.45) is 0.652. The van der Waals surface area contributed by atoms with E-state index in [1.165, 1.54) is 7.11 Å². The predicted molar refractivity (Wildman–Crippen MR) is 95.4 cm³/mol. The van der Waals surface area contributed by atoms with Crippen LogP contribution in [-0.2, 0) is 25.5 Å². The number of hydrogen-bond donors (Lipinski definition) is 2. The highest BCUT2D eigenvalue weighted by Crippen LogP contribution is 2.36. The molecule has 2 amide bonds. The van der Waals surface area contributed by atoms with Gasteiger partial charge in [-0.15, -0.1) is 0 Å². The quantitative estimate of drug-likeness (QED) is 0.755. The fourth-order valence-corrected chi connectivity index (χ4v) is 2.51. The van der Waals surface area contributed by atoms with Gasteiger partial charge < -0.3 is 20.1 Å². The third-order valence-corrected chi connectivity index (χ3v) is 4.00. The standard InChI is InChI=1S/C19H26N2O5/c1-18(2,3)26-17(24)21-19(10-11-19)16(23)20-14(15(22)25-4)12-13-8-6-5-7-9-13/h5-9,14H,10-12H2,1-4H3,(H,20,23)(H,21,24)/t14-/m0/s1. The number of hydrogen-bond acceptors (Lipinski definition) is 5. The third-order valence-electron chi connectivity index (χ3n) is 4.00. The van der Waals surface area contributed by atoms with Crippen LogP contribution in [0.3, 0.4) is 0 Å². The number of amides is 2. The summed E-state index contributed by atoms with van der Waals surface area (Å²) in [5.74, 6) is -0.940. The zero-order valence-electron chi connectivity index (χ0n) is 15.6. The number of esters is 1. The van der Waals surface area contributed by atoms with Crippen molar-refractivity contribution < 1.29 is 23.9 Å². The molecule has 26 heavy (non-hydrogen) atoms. The second-order valence-electron chi connectivity index (χ2n) is 7.45. The van der Waals surface area contributed by atoms with Gasteiger partial charge in [-0.1, -0.05) is 30.3 Å². The fourth-order valence-electron chi connectivity index (χ4n) is 2.51. The summed E-state index contributed by atoms with van der Waals surface area (Å²) in [5.41, 5.74) is -0.780. The molecule has 1 aromatic rings. The van der Waals surface area contributed by atoms with Gasteiger partial charge in [-0.05, 0) is 39.2 Å². The number of rotatable bonds is 6. The van der Waals surface area contributed by atoms with Gasteiger partial charge in [0.2, 0.25) is 5.91 Å². The van der Waals surface area contributed by atoms with Crippen molar-refractivity contribution in [2.45, 2.75) is 57.2 Å². The molecule has 1 aliphatic carbocycles. The van der Waals surface area contributed by atoms with Gasteiger partial charge in [0.1, 0.15) is 17.2 Å². The van der Waals surface area contributed by atoms with Gasteiger partial charge in [0.25, 0.3) is 0 Å². The van der Waals surface area contributed by atoms with Gasteiger partial charge in [-0.3, -0.25) is 4.79 Å². The number of carbonyl (C=O) groups is 3. The van der Waals surface area contributed by atoms with E-state index in [9.17, 15) is 14.4 Å². The number of nitrogens with one attached hydrogen (secondary N) is 2. The van der Waals surface area contributed by atoms with Crippen LogP contribution in [0.25, 0.3) is 0 Å². The van der Waals surface area contributed by atoms with Crippen LogP contribution in [0.4, 0.5) is 4.79 Å². The zero-order valence-corrected chi connectivity index (χ0v) is 15.6. The summed E-state index contributed by atoms with van der Waals surface area (Å²) in [6, 6.07) is 8.50. The van der Waals surface area contributed by atoms with Crippen LogP contribution in [0.5, 0.6) is 0 Å². The van der Waals surface area contributed by atoms with E-state index >= 15 is 0 Å². The van der Waals surface area contributed by atoms with Crippen LogP contribution in [0, 0.1) is 0 Å². The Morgan fingerprint density at radius 3 is 2.27 bits per heavy atom. The summed E-state index contributed by atoms with van der Waals surface area (Å²) in [6.45, 7) is 5.25. The first kappa shape index (κ1) is 19.8. The first-order valence-corrected chi connectivity index (χ1v) is 8.59. The van der Waals surface area contributed by atoms with E-state index in [4.69, 9.17) is 9.47 Å². The second kappa shape index (κ2) is 7.76. The summed E-state index contributed by atoms with van der Waals surface area (Å²) in [4.78, 5) is 36.7. The molecule has 7 heteroatoms. The van der Waals surface area contributed by atoms with Gasteiger partial charge in [0.15, 0.2) is 0 Å². The van der Waals surface area contributed by atoms with E-state index in [1.54, 1.807) is 20.8 Å². The van der Waals surface area contributed by atoms with E-state index < -0.39 is 35.2 Å². The molecule has 7 nitrogen and oxygen atoms in total. The molecule has 0 radical (unpaired) electrons. The molecule has 0 unspecified atom stereocenters. The van der Waals surface area contributed by atoms with Crippen LogP contribution in [0.15, 0.2) is 30.3 Å². The van der Waals surface area contributed by atoms with Gasteiger partial charge in [0, 0.05) is 6.42 Å². The maximum absolute atomic E-state index is 12.7. The smallest absolute Gasteiger partial charge is 0.408 e. The molecule has 0 aliphatic heterocycles. The number of carbonyl (C=O) groups excluding carboxylic acids is 3. The molecular weight excluding hydrogens is 336 g/mol. The molecule has 0 aromatic heterocycles. The molecule has 1 saturated carbocycles. The third kappa shape index (κ3) is 5.47. The van der Waals surface area contributed by atoms with E-state index in [2.05, 4.69) is 10.6 Å². The zero-order chi connectivity index (χ0) is 19.4. The molecule has 1 fully saturated rings. The Labute approximate surface area is 153 Å². The summed E-state index contributed by atoms with van der Waals surface area (Å²) < 4.78 is 10.0. The minimum absolute atomic E-state index is 0.307. The van der Waals surface area contributed by atoms with Crippen molar-refractivity contribution in [3.63, 3.8) is 0 Å². The molecule has 0 spiro atoms. The lowest BCUT2D eigenvalue weighted by atomic mass is 10.1. The molecule has 0 saturated heterocycles. The summed E-state index contributed by atoms with van der Waals surface area (Å²) in [7, 11) is 1.28. The maximum Gasteiger partial charge on any atom is 0.408 e. The van der Waals surface area contributed by atoms with Crippen LogP contribution in [-0.4, -0.2) is 42.3 Å². The molecule has 1 atom stereocenters. The maximum atomic E-state index is 12.7. The van der Waals surface area contributed by atoms with Crippen molar-refractivity contribution in [2.75, 3.05) is 7.11 Å². The van der Waals surface area contributed by atoms with Crippen molar-refractivity contribution >= 4 is 18.0 Å². The molecule has 2 N–H and O–H groups in total. The number of alkyl carbamates (subject to hydrolysis) is 1. The Morgan fingerprint density at radius 1 is 1.15 bits per heavy atom. The molecule has 1 aliphatic rings. The molecular formula is C19H26N2O5. The average molecular weight is 362 g/mol. The lowest BCUT2D eigenvalue weighted by Gasteiger charge is -2.24. The van der Waals surface area contributed by atoms with Crippen molar-refractivity contribution in [3.05, 3.63) is 35.9 Å². The van der Waals surface area contributed by atoms with Crippen LogP contribution in [0.2, 0.25) is 0 Å². The second-order valence-corrected chi connectivity index (χ2v) is 7.45. The average Bonchev–Trinajstić information content (AvgIpc) is 3.33. The molecule has 1 aromatic carbocycles. The normalized spacial score (nSPS) is 16.2. The van der Waals surface area contributed by atoms with E-state index in [1.807, 2.05) is 30.3 Å². The molecule has 142 valence electrons. The van der Waals surface area contributed by atoms with Crippen molar-refractivity contribution in [2.24, 2.45) is 0 Å². The van der Waals surface area contributed by atoms with E-state index in [0.717, 1.165) is 5.56 Å². The Hall–Kier alpha value is -2.57. The minimum Gasteiger partial charge on any atom is -0.467 e. The first-order valence-electron chi connectivity index (χ1n) is 8.59. The monoisotopic (exact) mass is 362 g/mol. The fraction of sp³-hybridized carbons (Fsp3) is 0.526. The summed E-state index contributed by atoms with van der Waals surface area (Å²) in [5, 5.41) is 5.33. The number of ether oxygens (including phenoxy) is 2. The molecule has 0 bridgehead atoms. The first-order chi connectivity index (χ1) is 12.1. The van der Waals surface area contributed by atoms with Crippen LogP contribution >= 0.6 is 0 Å². The lowest BCUT2D eigenvalue weighted by Crippen LogP contribution is -2.54. The Morgan fingerprint density at radius 2 is 1.77 bits per heavy atom. The SMILES string of the molecule is COC(=O)[C@H](Cc1ccccc1)NC(=O)C1(NC(=O)OC(C)(C)C)CC1. The topological polar surface area (TPSA) is 93.7 Å². The van der Waals surface area contributed by atoms with Crippen molar-refractivity contribution in [1.29, 1.82) is 0 Å². The highest BCUT2D eigenvalue weighted by molar-refractivity contribution is 5.95. The van der Waals surface area contributed by atoms with Crippen LogP contribution < -0.4 is 10.6 Å².